The third-order valence-corrected chi connectivity index (χ3v) is 4.52. The molecule has 0 aromatic heterocycles. The number of phenols is 1. The van der Waals surface area contributed by atoms with Crippen molar-refractivity contribution in [3.63, 3.8) is 0 Å². The van der Waals surface area contributed by atoms with Gasteiger partial charge in [0.05, 0.1) is 4.90 Å². The van der Waals surface area contributed by atoms with Gasteiger partial charge in [-0.25, -0.2) is 8.42 Å². The Balaban J connectivity index is 2.22. The van der Waals surface area contributed by atoms with Gasteiger partial charge in [0.1, 0.15) is 11.5 Å². The van der Waals surface area contributed by atoms with E-state index in [2.05, 4.69) is 0 Å². The molecule has 0 radical (unpaired) electrons. The molecule has 0 aliphatic rings. The van der Waals surface area contributed by atoms with Gasteiger partial charge in [-0.3, -0.25) is 4.79 Å². The maximum atomic E-state index is 12.1. The highest BCUT2D eigenvalue weighted by atomic mass is 32.2. The fourth-order valence-corrected chi connectivity index (χ4v) is 2.96. The zero-order valence-electron chi connectivity index (χ0n) is 10.9. The molecule has 2 rings (SSSR count). The number of aromatic hydroxyl groups is 1. The van der Waals surface area contributed by atoms with Crippen molar-refractivity contribution in [1.82, 2.24) is 0 Å². The minimum atomic E-state index is -3.65. The van der Waals surface area contributed by atoms with E-state index in [1.807, 2.05) is 6.92 Å². The molecular formula is C15H14O4S. The number of carbonyl (C=O) groups excluding carboxylic acids is 1. The first-order valence-corrected chi connectivity index (χ1v) is 7.65. The number of aryl methyl sites for hydroxylation is 1. The number of hydrogen-bond donors (Lipinski definition) is 1. The Morgan fingerprint density at radius 1 is 1.00 bits per heavy atom. The molecule has 0 unspecified atom stereocenters. The summed E-state index contributed by atoms with van der Waals surface area (Å²) in [5.41, 5.74) is 1.22. The fraction of sp³-hybridized carbons (Fsp3) is 0.133. The molecule has 0 atom stereocenters. The van der Waals surface area contributed by atoms with E-state index >= 15 is 0 Å². The maximum absolute atomic E-state index is 12.1. The quantitative estimate of drug-likeness (QED) is 0.877. The highest BCUT2D eigenvalue weighted by Crippen LogP contribution is 2.15. The van der Waals surface area contributed by atoms with Crippen molar-refractivity contribution < 1.29 is 18.3 Å². The van der Waals surface area contributed by atoms with Crippen molar-refractivity contribution in [2.45, 2.75) is 11.8 Å². The van der Waals surface area contributed by atoms with Crippen LogP contribution in [-0.2, 0) is 9.84 Å². The van der Waals surface area contributed by atoms with Crippen molar-refractivity contribution in [3.05, 3.63) is 59.7 Å². The normalized spacial score (nSPS) is 11.2. The monoisotopic (exact) mass is 290 g/mol. The Hall–Kier alpha value is -2.14. The van der Waals surface area contributed by atoms with Crippen LogP contribution in [0.5, 0.6) is 5.75 Å². The molecule has 0 amide bonds. The standard InChI is InChI=1S/C15H14O4S/c1-11-2-8-14(9-3-11)20(18,19)10-15(17)12-4-6-13(16)7-5-12/h2-9,16H,10H2,1H3. The molecule has 2 aromatic carbocycles. The Morgan fingerprint density at radius 2 is 1.55 bits per heavy atom. The van der Waals surface area contributed by atoms with Gasteiger partial charge in [0.25, 0.3) is 0 Å². The summed E-state index contributed by atoms with van der Waals surface area (Å²) in [6.45, 7) is 1.86. The molecule has 1 N–H and O–H groups in total. The highest BCUT2D eigenvalue weighted by molar-refractivity contribution is 7.92. The number of sulfone groups is 1. The van der Waals surface area contributed by atoms with Crippen molar-refractivity contribution in [1.29, 1.82) is 0 Å². The number of benzene rings is 2. The van der Waals surface area contributed by atoms with Crippen LogP contribution in [0.1, 0.15) is 15.9 Å². The second kappa shape index (κ2) is 5.46. The molecule has 0 spiro atoms. The van der Waals surface area contributed by atoms with Gasteiger partial charge in [0, 0.05) is 5.56 Å². The zero-order valence-corrected chi connectivity index (χ0v) is 11.7. The number of Topliss-reactive ketones (excluding diaryl/α,β-unsaturated/α-hetero) is 1. The Kier molecular flexibility index (Phi) is 3.90. The van der Waals surface area contributed by atoms with E-state index in [4.69, 9.17) is 5.11 Å². The molecule has 104 valence electrons. The lowest BCUT2D eigenvalue weighted by atomic mass is 10.1. The Morgan fingerprint density at radius 3 is 2.10 bits per heavy atom. The Bertz CT molecular complexity index is 713. The average Bonchev–Trinajstić information content (AvgIpc) is 2.39. The van der Waals surface area contributed by atoms with E-state index in [0.717, 1.165) is 5.56 Å². The summed E-state index contributed by atoms with van der Waals surface area (Å²) >= 11 is 0. The summed E-state index contributed by atoms with van der Waals surface area (Å²) in [4.78, 5) is 12.1. The third-order valence-electron chi connectivity index (χ3n) is 2.89. The topological polar surface area (TPSA) is 71.4 Å². The molecule has 0 fully saturated rings. The lowest BCUT2D eigenvalue weighted by Crippen LogP contribution is -2.16. The van der Waals surface area contributed by atoms with Crippen molar-refractivity contribution in [3.8, 4) is 5.75 Å². The van der Waals surface area contributed by atoms with Gasteiger partial charge in [-0.1, -0.05) is 17.7 Å². The number of rotatable bonds is 4. The number of ketones is 1. The average molecular weight is 290 g/mol. The SMILES string of the molecule is Cc1ccc(S(=O)(=O)CC(=O)c2ccc(O)cc2)cc1. The molecule has 5 heteroatoms. The molecule has 20 heavy (non-hydrogen) atoms. The van der Waals surface area contributed by atoms with Crippen LogP contribution in [0.3, 0.4) is 0 Å². The molecule has 0 aliphatic heterocycles. The molecule has 0 saturated carbocycles. The minimum absolute atomic E-state index is 0.0305. The van der Waals surface area contributed by atoms with Crippen LogP contribution >= 0.6 is 0 Å². The largest absolute Gasteiger partial charge is 0.508 e. The predicted molar refractivity (Wildman–Crippen MR) is 75.7 cm³/mol. The molecular weight excluding hydrogens is 276 g/mol. The fourth-order valence-electron chi connectivity index (χ4n) is 1.73. The summed E-state index contributed by atoms with van der Waals surface area (Å²) < 4.78 is 24.2. The summed E-state index contributed by atoms with van der Waals surface area (Å²) in [5.74, 6) is -1.05. The van der Waals surface area contributed by atoms with Crippen LogP contribution < -0.4 is 0 Å². The Labute approximate surface area is 117 Å². The summed E-state index contributed by atoms with van der Waals surface area (Å²) in [7, 11) is -3.65. The summed E-state index contributed by atoms with van der Waals surface area (Å²) in [5, 5.41) is 9.15. The van der Waals surface area contributed by atoms with Crippen LogP contribution in [0.4, 0.5) is 0 Å². The number of phenolic OH excluding ortho intramolecular Hbond substituents is 1. The van der Waals surface area contributed by atoms with Gasteiger partial charge in [-0.2, -0.15) is 0 Å². The smallest absolute Gasteiger partial charge is 0.185 e. The van der Waals surface area contributed by atoms with Gasteiger partial charge < -0.3 is 5.11 Å². The molecule has 4 nitrogen and oxygen atoms in total. The van der Waals surface area contributed by atoms with Crippen LogP contribution in [0.25, 0.3) is 0 Å². The first-order valence-electron chi connectivity index (χ1n) is 6.00. The van der Waals surface area contributed by atoms with E-state index in [-0.39, 0.29) is 16.2 Å². The van der Waals surface area contributed by atoms with Crippen LogP contribution in [0.15, 0.2) is 53.4 Å². The van der Waals surface area contributed by atoms with E-state index in [0.29, 0.717) is 0 Å². The lowest BCUT2D eigenvalue weighted by Gasteiger charge is -2.05. The lowest BCUT2D eigenvalue weighted by molar-refractivity contribution is 0.102. The predicted octanol–water partition coefficient (Wildman–Crippen LogP) is 2.36. The van der Waals surface area contributed by atoms with Gasteiger partial charge in [0.2, 0.25) is 0 Å². The second-order valence-corrected chi connectivity index (χ2v) is 6.53. The molecule has 0 heterocycles. The maximum Gasteiger partial charge on any atom is 0.185 e. The van der Waals surface area contributed by atoms with Gasteiger partial charge in [-0.05, 0) is 43.3 Å². The van der Waals surface area contributed by atoms with Crippen LogP contribution in [-0.4, -0.2) is 25.1 Å². The highest BCUT2D eigenvalue weighted by Gasteiger charge is 2.20. The van der Waals surface area contributed by atoms with Gasteiger partial charge in [-0.15, -0.1) is 0 Å². The van der Waals surface area contributed by atoms with Crippen molar-refractivity contribution >= 4 is 15.6 Å². The second-order valence-electron chi connectivity index (χ2n) is 4.54. The molecule has 0 saturated heterocycles. The summed E-state index contributed by atoms with van der Waals surface area (Å²) in [6.07, 6.45) is 0. The van der Waals surface area contributed by atoms with Crippen molar-refractivity contribution in [2.24, 2.45) is 0 Å². The first-order chi connectivity index (χ1) is 9.38. The van der Waals surface area contributed by atoms with Crippen molar-refractivity contribution in [2.75, 3.05) is 5.75 Å². The number of hydrogen-bond acceptors (Lipinski definition) is 4. The van der Waals surface area contributed by atoms with E-state index < -0.39 is 21.4 Å². The van der Waals surface area contributed by atoms with Gasteiger partial charge in [0.15, 0.2) is 15.6 Å². The third kappa shape index (κ3) is 3.24. The number of carbonyl (C=O) groups is 1. The summed E-state index contributed by atoms with van der Waals surface area (Å²) in [6, 6.07) is 11.9. The minimum Gasteiger partial charge on any atom is -0.508 e. The molecule has 2 aromatic rings. The van der Waals surface area contributed by atoms with Crippen LogP contribution in [0, 0.1) is 6.92 Å². The van der Waals surface area contributed by atoms with E-state index in [1.54, 1.807) is 12.1 Å². The molecule has 0 bridgehead atoms. The van der Waals surface area contributed by atoms with E-state index in [9.17, 15) is 13.2 Å². The zero-order chi connectivity index (χ0) is 14.8. The molecule has 0 aliphatic carbocycles. The van der Waals surface area contributed by atoms with Gasteiger partial charge >= 0.3 is 0 Å². The van der Waals surface area contributed by atoms with Crippen LogP contribution in [0.2, 0.25) is 0 Å². The van der Waals surface area contributed by atoms with E-state index in [1.165, 1.54) is 36.4 Å². The first kappa shape index (κ1) is 14.3.